The highest BCUT2D eigenvalue weighted by Crippen LogP contribution is 2.23. The van der Waals surface area contributed by atoms with Crippen LogP contribution in [0.25, 0.3) is 0 Å². The van der Waals surface area contributed by atoms with Gasteiger partial charge in [0.1, 0.15) is 0 Å². The molecule has 0 spiro atoms. The summed E-state index contributed by atoms with van der Waals surface area (Å²) >= 11 is 5.98. The molecule has 2 rings (SSSR count). The predicted molar refractivity (Wildman–Crippen MR) is 89.9 cm³/mol. The normalized spacial score (nSPS) is 19.3. The number of hydrogen-bond donors (Lipinski definition) is 0. The highest BCUT2D eigenvalue weighted by Gasteiger charge is 2.26. The third kappa shape index (κ3) is 5.62. The molecule has 0 N–H and O–H groups in total. The number of carbonyl (C=O) groups excluding carboxylic acids is 1. The van der Waals surface area contributed by atoms with E-state index in [2.05, 4.69) is 20.8 Å². The average molecular weight is 324 g/mol. The Bertz CT molecular complexity index is 510. The SMILES string of the molecule is CC(C)(C)CC(=O)N1CCCC(OCc2cccc(Cl)c2)C1. The number of benzene rings is 1. The zero-order chi connectivity index (χ0) is 16.2. The molecule has 1 aliphatic rings. The second kappa shape index (κ2) is 7.47. The van der Waals surface area contributed by atoms with Gasteiger partial charge in [-0.1, -0.05) is 44.5 Å². The van der Waals surface area contributed by atoms with Gasteiger partial charge in [0.15, 0.2) is 0 Å². The van der Waals surface area contributed by atoms with E-state index in [0.29, 0.717) is 19.6 Å². The van der Waals surface area contributed by atoms with Crippen LogP contribution in [-0.2, 0) is 16.1 Å². The summed E-state index contributed by atoms with van der Waals surface area (Å²) in [7, 11) is 0. The number of hydrogen-bond acceptors (Lipinski definition) is 2. The maximum Gasteiger partial charge on any atom is 0.223 e. The van der Waals surface area contributed by atoms with Crippen LogP contribution in [0.2, 0.25) is 5.02 Å². The number of ether oxygens (including phenoxy) is 1. The molecule has 122 valence electrons. The largest absolute Gasteiger partial charge is 0.372 e. The lowest BCUT2D eigenvalue weighted by atomic mass is 9.91. The minimum atomic E-state index is 0.0334. The Morgan fingerprint density at radius 3 is 2.86 bits per heavy atom. The van der Waals surface area contributed by atoms with Crippen LogP contribution in [0.3, 0.4) is 0 Å². The topological polar surface area (TPSA) is 29.5 Å². The van der Waals surface area contributed by atoms with E-state index in [-0.39, 0.29) is 17.4 Å². The molecular weight excluding hydrogens is 298 g/mol. The Hall–Kier alpha value is -1.06. The van der Waals surface area contributed by atoms with Gasteiger partial charge >= 0.3 is 0 Å². The summed E-state index contributed by atoms with van der Waals surface area (Å²) in [5, 5.41) is 0.728. The van der Waals surface area contributed by atoms with Crippen LogP contribution in [-0.4, -0.2) is 30.0 Å². The molecule has 1 aromatic rings. The first-order chi connectivity index (χ1) is 10.3. The fourth-order valence-corrected chi connectivity index (χ4v) is 2.92. The van der Waals surface area contributed by atoms with Crippen molar-refractivity contribution < 1.29 is 9.53 Å². The van der Waals surface area contributed by atoms with Gasteiger partial charge in [-0.15, -0.1) is 0 Å². The molecule has 3 nitrogen and oxygen atoms in total. The molecule has 1 unspecified atom stereocenters. The van der Waals surface area contributed by atoms with Crippen LogP contribution in [0.15, 0.2) is 24.3 Å². The molecular formula is C18H26ClNO2. The summed E-state index contributed by atoms with van der Waals surface area (Å²) in [5.41, 5.74) is 1.11. The van der Waals surface area contributed by atoms with Crippen LogP contribution in [0.4, 0.5) is 0 Å². The van der Waals surface area contributed by atoms with E-state index in [1.54, 1.807) is 0 Å². The van der Waals surface area contributed by atoms with Gasteiger partial charge in [0.05, 0.1) is 12.7 Å². The number of piperidine rings is 1. The molecule has 1 fully saturated rings. The third-order valence-corrected chi connectivity index (χ3v) is 4.02. The summed E-state index contributed by atoms with van der Waals surface area (Å²) in [6.45, 7) is 8.40. The lowest BCUT2D eigenvalue weighted by Gasteiger charge is -2.34. The first kappa shape index (κ1) is 17.3. The zero-order valence-electron chi connectivity index (χ0n) is 13.8. The number of rotatable bonds is 4. The summed E-state index contributed by atoms with van der Waals surface area (Å²) < 4.78 is 5.98. The monoisotopic (exact) mass is 323 g/mol. The van der Waals surface area contributed by atoms with Crippen molar-refractivity contribution >= 4 is 17.5 Å². The second-order valence-electron chi connectivity index (χ2n) is 7.28. The first-order valence-electron chi connectivity index (χ1n) is 7.97. The van der Waals surface area contributed by atoms with E-state index in [4.69, 9.17) is 16.3 Å². The van der Waals surface area contributed by atoms with Crippen LogP contribution in [0.5, 0.6) is 0 Å². The molecule has 0 aromatic heterocycles. The van der Waals surface area contributed by atoms with Crippen LogP contribution < -0.4 is 0 Å². The molecule has 1 heterocycles. The van der Waals surface area contributed by atoms with Crippen LogP contribution >= 0.6 is 11.6 Å². The fourth-order valence-electron chi connectivity index (χ4n) is 2.71. The molecule has 1 saturated heterocycles. The number of halogens is 1. The first-order valence-corrected chi connectivity index (χ1v) is 8.35. The third-order valence-electron chi connectivity index (χ3n) is 3.79. The minimum absolute atomic E-state index is 0.0334. The van der Waals surface area contributed by atoms with Gasteiger partial charge in [-0.3, -0.25) is 4.79 Å². The van der Waals surface area contributed by atoms with Gasteiger partial charge in [0, 0.05) is 24.5 Å². The zero-order valence-corrected chi connectivity index (χ0v) is 14.5. The van der Waals surface area contributed by atoms with Crippen molar-refractivity contribution in [3.8, 4) is 0 Å². The molecule has 1 aromatic carbocycles. The molecule has 0 saturated carbocycles. The highest BCUT2D eigenvalue weighted by atomic mass is 35.5. The Balaban J connectivity index is 1.84. The number of likely N-dealkylation sites (tertiary alicyclic amines) is 1. The predicted octanol–water partition coefficient (Wildman–Crippen LogP) is 4.28. The van der Waals surface area contributed by atoms with Crippen molar-refractivity contribution in [1.29, 1.82) is 0 Å². The van der Waals surface area contributed by atoms with Crippen molar-refractivity contribution in [3.63, 3.8) is 0 Å². The number of amides is 1. The molecule has 0 bridgehead atoms. The smallest absolute Gasteiger partial charge is 0.223 e. The van der Waals surface area contributed by atoms with Crippen molar-refractivity contribution in [2.75, 3.05) is 13.1 Å². The van der Waals surface area contributed by atoms with Crippen molar-refractivity contribution in [2.24, 2.45) is 5.41 Å². The quantitative estimate of drug-likeness (QED) is 0.827. The van der Waals surface area contributed by atoms with E-state index in [1.807, 2.05) is 29.2 Å². The van der Waals surface area contributed by atoms with Gasteiger partial charge in [0.25, 0.3) is 0 Å². The lowest BCUT2D eigenvalue weighted by Crippen LogP contribution is -2.44. The Kier molecular flexibility index (Phi) is 5.87. The van der Waals surface area contributed by atoms with Gasteiger partial charge in [-0.2, -0.15) is 0 Å². The molecule has 1 amide bonds. The van der Waals surface area contributed by atoms with Gasteiger partial charge in [-0.05, 0) is 36.0 Å². The average Bonchev–Trinajstić information content (AvgIpc) is 2.44. The van der Waals surface area contributed by atoms with E-state index >= 15 is 0 Å². The van der Waals surface area contributed by atoms with Crippen LogP contribution in [0, 0.1) is 5.41 Å². The standard InChI is InChI=1S/C18H26ClNO2/c1-18(2,3)11-17(21)20-9-5-8-16(12-20)22-13-14-6-4-7-15(19)10-14/h4,6-7,10,16H,5,8-9,11-13H2,1-3H3. The van der Waals surface area contributed by atoms with Gasteiger partial charge in [0.2, 0.25) is 5.91 Å². The molecule has 1 atom stereocenters. The maximum atomic E-state index is 12.3. The number of carbonyl (C=O) groups is 1. The molecule has 0 aliphatic carbocycles. The highest BCUT2D eigenvalue weighted by molar-refractivity contribution is 6.30. The van der Waals surface area contributed by atoms with Gasteiger partial charge in [-0.25, -0.2) is 0 Å². The second-order valence-corrected chi connectivity index (χ2v) is 7.72. The fraction of sp³-hybridized carbons (Fsp3) is 0.611. The number of nitrogens with zero attached hydrogens (tertiary/aromatic N) is 1. The van der Waals surface area contributed by atoms with E-state index in [0.717, 1.165) is 30.0 Å². The van der Waals surface area contributed by atoms with Crippen molar-refractivity contribution in [1.82, 2.24) is 4.90 Å². The molecule has 4 heteroatoms. The summed E-state index contributed by atoms with van der Waals surface area (Å²) in [5.74, 6) is 0.239. The van der Waals surface area contributed by atoms with Crippen molar-refractivity contribution in [3.05, 3.63) is 34.9 Å². The summed E-state index contributed by atoms with van der Waals surface area (Å²) in [4.78, 5) is 14.3. The molecule has 1 aliphatic heterocycles. The Labute approximate surface area is 138 Å². The minimum Gasteiger partial charge on any atom is -0.372 e. The Morgan fingerprint density at radius 2 is 2.18 bits per heavy atom. The lowest BCUT2D eigenvalue weighted by molar-refractivity contribution is -0.137. The molecule has 22 heavy (non-hydrogen) atoms. The van der Waals surface area contributed by atoms with Crippen LogP contribution in [0.1, 0.15) is 45.6 Å². The van der Waals surface area contributed by atoms with Crippen molar-refractivity contribution in [2.45, 2.75) is 52.7 Å². The Morgan fingerprint density at radius 1 is 1.41 bits per heavy atom. The summed E-state index contributed by atoms with van der Waals surface area (Å²) in [6, 6.07) is 7.73. The van der Waals surface area contributed by atoms with E-state index in [1.165, 1.54) is 0 Å². The van der Waals surface area contributed by atoms with E-state index in [9.17, 15) is 4.79 Å². The maximum absolute atomic E-state index is 12.3. The van der Waals surface area contributed by atoms with Gasteiger partial charge < -0.3 is 9.64 Å². The summed E-state index contributed by atoms with van der Waals surface area (Å²) in [6.07, 6.45) is 2.74. The van der Waals surface area contributed by atoms with E-state index < -0.39 is 0 Å². The molecule has 0 radical (unpaired) electrons.